The molecule has 0 aliphatic heterocycles. The Bertz CT molecular complexity index is 436. The van der Waals surface area contributed by atoms with E-state index in [-0.39, 0.29) is 19.2 Å². The minimum Gasteiger partial charge on any atom is -0.396 e. The summed E-state index contributed by atoms with van der Waals surface area (Å²) in [6.07, 6.45) is 0.493. The number of hydrogen-bond acceptors (Lipinski definition) is 4. The highest BCUT2D eigenvalue weighted by Gasteiger charge is 2.06. The number of nitrogens with two attached hydrogens (primary N) is 1. The summed E-state index contributed by atoms with van der Waals surface area (Å²) in [5.41, 5.74) is 8.54. The third-order valence-electron chi connectivity index (χ3n) is 2.54. The maximum Gasteiger partial charge on any atom is 0.201 e. The minimum atomic E-state index is -2.60. The smallest absolute Gasteiger partial charge is 0.201 e. The lowest BCUT2D eigenvalue weighted by molar-refractivity contribution is 0.299. The largest absolute Gasteiger partial charge is 0.396 e. The first-order valence-electron chi connectivity index (χ1n) is 5.40. The van der Waals surface area contributed by atoms with Crippen LogP contribution in [0.4, 0.5) is 0 Å². The molecule has 0 aromatic heterocycles. The zero-order valence-corrected chi connectivity index (χ0v) is 10.6. The van der Waals surface area contributed by atoms with E-state index in [1.54, 1.807) is 0 Å². The van der Waals surface area contributed by atoms with Crippen molar-refractivity contribution >= 4 is 10.9 Å². The van der Waals surface area contributed by atoms with Crippen LogP contribution in [-0.2, 0) is 23.9 Å². The van der Waals surface area contributed by atoms with Crippen LogP contribution < -0.4 is 10.5 Å². The van der Waals surface area contributed by atoms with Crippen molar-refractivity contribution in [2.24, 2.45) is 5.73 Å². The van der Waals surface area contributed by atoms with E-state index >= 15 is 0 Å². The first-order chi connectivity index (χ1) is 8.04. The maximum atomic E-state index is 10.5. The lowest BCUT2D eigenvalue weighted by Gasteiger charge is -2.12. The van der Waals surface area contributed by atoms with E-state index in [1.165, 1.54) is 0 Å². The Hall–Kier alpha value is -0.950. The average Bonchev–Trinajstić information content (AvgIpc) is 2.27. The Labute approximate surface area is 103 Å². The van der Waals surface area contributed by atoms with Crippen molar-refractivity contribution in [2.45, 2.75) is 25.9 Å². The summed E-state index contributed by atoms with van der Waals surface area (Å²) in [5, 5.41) is 8.98. The Morgan fingerprint density at radius 2 is 2.12 bits per heavy atom. The van der Waals surface area contributed by atoms with Crippen LogP contribution in [0.5, 0.6) is 0 Å². The van der Waals surface area contributed by atoms with Crippen molar-refractivity contribution in [1.82, 2.24) is 4.72 Å². The molecule has 1 atom stereocenters. The van der Waals surface area contributed by atoms with E-state index in [0.29, 0.717) is 6.42 Å². The second-order valence-corrected chi connectivity index (χ2v) is 4.71. The van der Waals surface area contributed by atoms with Gasteiger partial charge in [0, 0.05) is 19.2 Å². The molecule has 0 heterocycles. The van der Waals surface area contributed by atoms with Gasteiger partial charge in [-0.15, -0.1) is 0 Å². The second-order valence-electron chi connectivity index (χ2n) is 3.88. The van der Waals surface area contributed by atoms with Crippen molar-refractivity contribution < 1.29 is 13.5 Å². The van der Waals surface area contributed by atoms with Gasteiger partial charge in [-0.05, 0) is 30.0 Å². The minimum absolute atomic E-state index is 0.0267. The van der Waals surface area contributed by atoms with Gasteiger partial charge in [-0.3, -0.25) is 0 Å². The van der Waals surface area contributed by atoms with E-state index in [1.807, 2.05) is 25.1 Å². The number of hydrogen-bond donors (Lipinski definition) is 4. The second kappa shape index (κ2) is 6.70. The Morgan fingerprint density at radius 1 is 1.41 bits per heavy atom. The van der Waals surface area contributed by atoms with E-state index in [0.717, 1.165) is 16.7 Å². The fourth-order valence-corrected chi connectivity index (χ4v) is 1.90. The van der Waals surface area contributed by atoms with Gasteiger partial charge in [-0.25, -0.2) is 13.1 Å². The molecule has 0 amide bonds. The molecular formula is C11H18N2O3S. The molecule has 0 bridgehead atoms. The molecule has 1 aromatic rings. The molecule has 6 heteroatoms. The molecule has 1 aromatic carbocycles. The molecule has 4 N–H and O–H groups in total. The van der Waals surface area contributed by atoms with Crippen LogP contribution in [0.3, 0.4) is 0 Å². The number of aliphatic hydroxyl groups is 1. The zero-order valence-electron chi connectivity index (χ0n) is 9.72. The highest BCUT2D eigenvalue weighted by atomic mass is 32.2. The van der Waals surface area contributed by atoms with Gasteiger partial charge in [0.1, 0.15) is 0 Å². The number of aliphatic hydroxyl groups excluding tert-OH is 1. The number of thiol groups is 1. The van der Waals surface area contributed by atoms with Crippen LogP contribution in [0.15, 0.2) is 18.2 Å². The summed E-state index contributed by atoms with van der Waals surface area (Å²) in [7, 11) is -2.60. The van der Waals surface area contributed by atoms with Crippen LogP contribution >= 0.6 is 0 Å². The van der Waals surface area contributed by atoms with E-state index < -0.39 is 10.9 Å². The summed E-state index contributed by atoms with van der Waals surface area (Å²) in [5.74, 6) is 0. The predicted molar refractivity (Wildman–Crippen MR) is 67.0 cm³/mol. The third-order valence-corrected chi connectivity index (χ3v) is 2.95. The lowest BCUT2D eigenvalue weighted by Crippen LogP contribution is -2.14. The number of benzene rings is 1. The van der Waals surface area contributed by atoms with Gasteiger partial charge < -0.3 is 10.8 Å². The van der Waals surface area contributed by atoms with Gasteiger partial charge in [0.05, 0.1) is 0 Å². The summed E-state index contributed by atoms with van der Waals surface area (Å²) in [6, 6.07) is 5.55. The lowest BCUT2D eigenvalue weighted by atomic mass is 9.99. The fourth-order valence-electron chi connectivity index (χ4n) is 1.60. The van der Waals surface area contributed by atoms with Crippen molar-refractivity contribution in [3.8, 4) is 0 Å². The quantitative estimate of drug-likeness (QED) is 0.534. The van der Waals surface area contributed by atoms with Gasteiger partial charge >= 0.3 is 0 Å². The molecule has 1 rings (SSSR count). The van der Waals surface area contributed by atoms with Gasteiger partial charge in [-0.1, -0.05) is 18.2 Å². The van der Waals surface area contributed by atoms with Crippen LogP contribution in [0.25, 0.3) is 0 Å². The van der Waals surface area contributed by atoms with Crippen molar-refractivity contribution in [1.29, 1.82) is 0 Å². The monoisotopic (exact) mass is 258 g/mol. The summed E-state index contributed by atoms with van der Waals surface area (Å²) in [4.78, 5) is 0. The summed E-state index contributed by atoms with van der Waals surface area (Å²) < 4.78 is 23.3. The molecule has 0 unspecified atom stereocenters. The van der Waals surface area contributed by atoms with Crippen LogP contribution in [0.2, 0.25) is 0 Å². The van der Waals surface area contributed by atoms with Crippen LogP contribution in [0.1, 0.15) is 29.7 Å². The number of nitrogens with one attached hydrogen (secondary N) is 1. The van der Waals surface area contributed by atoms with E-state index in [9.17, 15) is 8.42 Å². The fraction of sp³-hybridized carbons (Fsp3) is 0.455. The zero-order chi connectivity index (χ0) is 12.8. The number of rotatable bonds is 6. The molecular weight excluding hydrogens is 240 g/mol. The van der Waals surface area contributed by atoms with Gasteiger partial charge in [0.2, 0.25) is 10.9 Å². The standard InChI is InChI=1S/C11H18N2O3S/c1-8(12)9-2-3-11(7-13-17(15)16)10(6-9)4-5-14/h2-3,6,8,14,17H,4-5,7,12H2,1H3,(H,13,15,16)/t8-/m1/s1. The van der Waals surface area contributed by atoms with E-state index in [2.05, 4.69) is 4.72 Å². The molecule has 0 fully saturated rings. The van der Waals surface area contributed by atoms with Gasteiger partial charge in [0.15, 0.2) is 0 Å². The Kier molecular flexibility index (Phi) is 5.57. The third kappa shape index (κ3) is 4.43. The molecule has 0 aliphatic carbocycles. The maximum absolute atomic E-state index is 10.5. The molecule has 96 valence electrons. The first kappa shape index (κ1) is 14.1. The topological polar surface area (TPSA) is 92.4 Å². The molecule has 0 radical (unpaired) electrons. The molecule has 5 nitrogen and oxygen atoms in total. The van der Waals surface area contributed by atoms with Gasteiger partial charge in [0.25, 0.3) is 0 Å². The van der Waals surface area contributed by atoms with Crippen molar-refractivity contribution in [3.63, 3.8) is 0 Å². The summed E-state index contributed by atoms with van der Waals surface area (Å²) in [6.45, 7) is 2.15. The van der Waals surface area contributed by atoms with E-state index in [4.69, 9.17) is 10.8 Å². The predicted octanol–water partition coefficient (Wildman–Crippen LogP) is -0.143. The normalized spacial score (nSPS) is 12.9. The molecule has 17 heavy (non-hydrogen) atoms. The molecule has 0 saturated heterocycles. The molecule has 0 saturated carbocycles. The average molecular weight is 258 g/mol. The van der Waals surface area contributed by atoms with Gasteiger partial charge in [-0.2, -0.15) is 0 Å². The Balaban J connectivity index is 2.95. The van der Waals surface area contributed by atoms with Crippen LogP contribution in [-0.4, -0.2) is 20.1 Å². The first-order valence-corrected chi connectivity index (χ1v) is 6.58. The van der Waals surface area contributed by atoms with Crippen molar-refractivity contribution in [2.75, 3.05) is 6.61 Å². The molecule has 0 spiro atoms. The molecule has 0 aliphatic rings. The summed E-state index contributed by atoms with van der Waals surface area (Å²) >= 11 is 0. The van der Waals surface area contributed by atoms with Crippen molar-refractivity contribution in [3.05, 3.63) is 34.9 Å². The van der Waals surface area contributed by atoms with Crippen LogP contribution in [0, 0.1) is 0 Å². The SMILES string of the molecule is C[C@@H](N)c1ccc(CN[SH](=O)=O)c(CCO)c1. The highest BCUT2D eigenvalue weighted by molar-refractivity contribution is 7.70. The highest BCUT2D eigenvalue weighted by Crippen LogP contribution is 2.17. The Morgan fingerprint density at radius 3 is 2.65 bits per heavy atom.